The summed E-state index contributed by atoms with van der Waals surface area (Å²) in [6, 6.07) is 3.84. The lowest BCUT2D eigenvalue weighted by atomic mass is 9.98. The Hall–Kier alpha value is -1.84. The van der Waals surface area contributed by atoms with E-state index in [0.717, 1.165) is 23.3 Å². The number of pyridine rings is 1. The average molecular weight is 217 g/mol. The van der Waals surface area contributed by atoms with Gasteiger partial charge in [-0.15, -0.1) is 0 Å². The van der Waals surface area contributed by atoms with Crippen molar-refractivity contribution in [3.05, 3.63) is 30.3 Å². The van der Waals surface area contributed by atoms with E-state index >= 15 is 0 Å². The van der Waals surface area contributed by atoms with Gasteiger partial charge in [-0.05, 0) is 12.5 Å². The normalized spacial score (nSPS) is 12.6. The van der Waals surface area contributed by atoms with Gasteiger partial charge in [-0.25, -0.2) is 0 Å². The van der Waals surface area contributed by atoms with Crippen LogP contribution in [-0.2, 0) is 0 Å². The third-order valence-electron chi connectivity index (χ3n) is 2.76. The Labute approximate surface area is 94.5 Å². The summed E-state index contributed by atoms with van der Waals surface area (Å²) in [4.78, 5) is 4.08. The molecule has 1 atom stereocenters. The number of anilines is 1. The minimum Gasteiger partial charge on any atom is -0.380 e. The minimum absolute atomic E-state index is 0.306. The number of nitrogens with zero attached hydrogens (tertiary/aromatic N) is 2. The van der Waals surface area contributed by atoms with Crippen molar-refractivity contribution in [2.75, 3.05) is 5.73 Å². The number of aromatic nitrogens is 2. The van der Waals surface area contributed by atoms with Gasteiger partial charge in [0.25, 0.3) is 0 Å². The van der Waals surface area contributed by atoms with Crippen molar-refractivity contribution in [3.63, 3.8) is 0 Å². The lowest BCUT2D eigenvalue weighted by molar-refractivity contribution is 0.366. The average Bonchev–Trinajstić information content (AvgIpc) is 2.71. The van der Waals surface area contributed by atoms with Crippen molar-refractivity contribution in [3.8, 4) is 11.1 Å². The molecule has 2 N–H and O–H groups in total. The monoisotopic (exact) mass is 217 g/mol. The topological polar surface area (TPSA) is 64.9 Å². The van der Waals surface area contributed by atoms with Crippen molar-refractivity contribution in [2.24, 2.45) is 0 Å². The molecule has 0 amide bonds. The first-order valence-electron chi connectivity index (χ1n) is 5.39. The Kier molecular flexibility index (Phi) is 2.90. The van der Waals surface area contributed by atoms with Gasteiger partial charge in [0, 0.05) is 23.9 Å². The van der Waals surface area contributed by atoms with Crippen LogP contribution in [0.3, 0.4) is 0 Å². The number of nitrogen functional groups attached to an aromatic ring is 1. The van der Waals surface area contributed by atoms with Gasteiger partial charge in [-0.2, -0.15) is 0 Å². The first kappa shape index (κ1) is 10.7. The van der Waals surface area contributed by atoms with Gasteiger partial charge in [0.2, 0.25) is 0 Å². The summed E-state index contributed by atoms with van der Waals surface area (Å²) in [5.74, 6) is 1.58. The molecule has 2 rings (SSSR count). The molecule has 0 bridgehead atoms. The molecule has 2 aromatic rings. The molecule has 0 aliphatic carbocycles. The van der Waals surface area contributed by atoms with E-state index in [1.807, 2.05) is 12.1 Å². The van der Waals surface area contributed by atoms with Crippen molar-refractivity contribution in [1.82, 2.24) is 10.1 Å². The third kappa shape index (κ3) is 1.78. The highest BCUT2D eigenvalue weighted by molar-refractivity contribution is 5.75. The van der Waals surface area contributed by atoms with Crippen LogP contribution in [0.5, 0.6) is 0 Å². The third-order valence-corrected chi connectivity index (χ3v) is 2.76. The molecule has 2 heterocycles. The predicted octanol–water partition coefficient (Wildman–Crippen LogP) is 2.83. The van der Waals surface area contributed by atoms with Crippen molar-refractivity contribution >= 4 is 5.82 Å². The zero-order chi connectivity index (χ0) is 11.5. The maximum atomic E-state index is 5.83. The van der Waals surface area contributed by atoms with Crippen molar-refractivity contribution in [2.45, 2.75) is 26.2 Å². The molecule has 0 saturated heterocycles. The predicted molar refractivity (Wildman–Crippen MR) is 62.9 cm³/mol. The molecule has 0 aliphatic heterocycles. The van der Waals surface area contributed by atoms with Gasteiger partial charge < -0.3 is 10.3 Å². The maximum absolute atomic E-state index is 5.83. The zero-order valence-electron chi connectivity index (χ0n) is 9.47. The molecule has 16 heavy (non-hydrogen) atoms. The second kappa shape index (κ2) is 4.35. The standard InChI is InChI=1S/C12H15N3O/c1-3-8(2)11-10(12(13)15-16-11)9-5-4-6-14-7-9/h4-8H,3H2,1-2H3,(H2,13,15). The van der Waals surface area contributed by atoms with E-state index in [-0.39, 0.29) is 0 Å². The van der Waals surface area contributed by atoms with Gasteiger partial charge >= 0.3 is 0 Å². The molecule has 0 aliphatic rings. The molecule has 84 valence electrons. The molecular formula is C12H15N3O. The summed E-state index contributed by atoms with van der Waals surface area (Å²) in [6.45, 7) is 4.20. The summed E-state index contributed by atoms with van der Waals surface area (Å²) in [6.07, 6.45) is 4.49. The molecule has 0 radical (unpaired) electrons. The summed E-state index contributed by atoms with van der Waals surface area (Å²) in [7, 11) is 0. The summed E-state index contributed by atoms with van der Waals surface area (Å²) >= 11 is 0. The minimum atomic E-state index is 0.306. The highest BCUT2D eigenvalue weighted by atomic mass is 16.5. The molecule has 4 nitrogen and oxygen atoms in total. The molecule has 0 aromatic carbocycles. The molecule has 0 fully saturated rings. The quantitative estimate of drug-likeness (QED) is 0.858. The van der Waals surface area contributed by atoms with Crippen LogP contribution in [0.1, 0.15) is 31.9 Å². The number of rotatable bonds is 3. The van der Waals surface area contributed by atoms with Crippen LogP contribution in [0, 0.1) is 0 Å². The summed E-state index contributed by atoms with van der Waals surface area (Å²) in [5.41, 5.74) is 7.67. The Morgan fingerprint density at radius 2 is 2.31 bits per heavy atom. The lowest BCUT2D eigenvalue weighted by Gasteiger charge is -2.06. The number of nitrogens with two attached hydrogens (primary N) is 1. The van der Waals surface area contributed by atoms with E-state index in [1.165, 1.54) is 0 Å². The molecule has 0 spiro atoms. The Bertz CT molecular complexity index is 464. The van der Waals surface area contributed by atoms with Crippen LogP contribution < -0.4 is 5.73 Å². The van der Waals surface area contributed by atoms with Crippen molar-refractivity contribution in [1.29, 1.82) is 0 Å². The van der Waals surface area contributed by atoms with E-state index in [9.17, 15) is 0 Å². The van der Waals surface area contributed by atoms with Crippen LogP contribution in [0.25, 0.3) is 11.1 Å². The fourth-order valence-corrected chi connectivity index (χ4v) is 1.64. The molecular weight excluding hydrogens is 202 g/mol. The van der Waals surface area contributed by atoms with E-state index in [1.54, 1.807) is 12.4 Å². The second-order valence-corrected chi connectivity index (χ2v) is 3.86. The first-order chi connectivity index (χ1) is 7.74. The van der Waals surface area contributed by atoms with E-state index in [4.69, 9.17) is 10.3 Å². The molecule has 4 heteroatoms. The van der Waals surface area contributed by atoms with Crippen LogP contribution in [0.15, 0.2) is 29.0 Å². The van der Waals surface area contributed by atoms with E-state index < -0.39 is 0 Å². The fourth-order valence-electron chi connectivity index (χ4n) is 1.64. The first-order valence-corrected chi connectivity index (χ1v) is 5.39. The summed E-state index contributed by atoms with van der Waals surface area (Å²) < 4.78 is 5.30. The van der Waals surface area contributed by atoms with Crippen LogP contribution in [-0.4, -0.2) is 10.1 Å². The molecule has 2 aromatic heterocycles. The van der Waals surface area contributed by atoms with Gasteiger partial charge in [0.1, 0.15) is 5.76 Å². The molecule has 0 saturated carbocycles. The van der Waals surface area contributed by atoms with Gasteiger partial charge in [0.15, 0.2) is 5.82 Å². The maximum Gasteiger partial charge on any atom is 0.175 e. The lowest BCUT2D eigenvalue weighted by Crippen LogP contribution is -1.94. The van der Waals surface area contributed by atoms with Crippen LogP contribution in [0.2, 0.25) is 0 Å². The fraction of sp³-hybridized carbons (Fsp3) is 0.333. The smallest absolute Gasteiger partial charge is 0.175 e. The molecule has 1 unspecified atom stereocenters. The van der Waals surface area contributed by atoms with Gasteiger partial charge in [-0.1, -0.05) is 25.1 Å². The second-order valence-electron chi connectivity index (χ2n) is 3.86. The van der Waals surface area contributed by atoms with Gasteiger partial charge in [0.05, 0.1) is 5.56 Å². The summed E-state index contributed by atoms with van der Waals surface area (Å²) in [5, 5.41) is 3.84. The van der Waals surface area contributed by atoms with E-state index in [2.05, 4.69) is 24.0 Å². The Morgan fingerprint density at radius 1 is 1.50 bits per heavy atom. The number of hydrogen-bond acceptors (Lipinski definition) is 4. The SMILES string of the molecule is CCC(C)c1onc(N)c1-c1cccnc1. The van der Waals surface area contributed by atoms with E-state index in [0.29, 0.717) is 11.7 Å². The van der Waals surface area contributed by atoms with Crippen molar-refractivity contribution < 1.29 is 4.52 Å². The Morgan fingerprint density at radius 3 is 2.94 bits per heavy atom. The van der Waals surface area contributed by atoms with Gasteiger partial charge in [-0.3, -0.25) is 4.98 Å². The highest BCUT2D eigenvalue weighted by Gasteiger charge is 2.19. The van der Waals surface area contributed by atoms with Crippen LogP contribution >= 0.6 is 0 Å². The van der Waals surface area contributed by atoms with Crippen LogP contribution in [0.4, 0.5) is 5.82 Å². The number of hydrogen-bond donors (Lipinski definition) is 1. The largest absolute Gasteiger partial charge is 0.380 e. The zero-order valence-corrected chi connectivity index (χ0v) is 9.47. The Balaban J connectivity index is 2.52. The highest BCUT2D eigenvalue weighted by Crippen LogP contribution is 2.34.